The molecule has 0 aromatic heterocycles. The van der Waals surface area contributed by atoms with Crippen LogP contribution in [0.15, 0.2) is 24.3 Å². The first-order valence-corrected chi connectivity index (χ1v) is 7.01. The van der Waals surface area contributed by atoms with Crippen molar-refractivity contribution in [2.75, 3.05) is 24.5 Å². The second-order valence-corrected chi connectivity index (χ2v) is 4.56. The molecule has 1 amide bonds. The number of carbonyl (C=O) groups excluding carboxylic acids is 1. The van der Waals surface area contributed by atoms with E-state index in [0.29, 0.717) is 19.5 Å². The molecule has 19 heavy (non-hydrogen) atoms. The molecule has 0 saturated heterocycles. The second kappa shape index (κ2) is 8.53. The van der Waals surface area contributed by atoms with Crippen LogP contribution >= 0.6 is 0 Å². The van der Waals surface area contributed by atoms with E-state index in [0.717, 1.165) is 30.8 Å². The van der Waals surface area contributed by atoms with Gasteiger partial charge in [0.25, 0.3) is 0 Å². The summed E-state index contributed by atoms with van der Waals surface area (Å²) in [4.78, 5) is 13.8. The normalized spacial score (nSPS) is 10.3. The van der Waals surface area contributed by atoms with Crippen molar-refractivity contribution in [3.8, 4) is 0 Å². The maximum absolute atomic E-state index is 11.5. The first-order valence-electron chi connectivity index (χ1n) is 7.01. The lowest BCUT2D eigenvalue weighted by atomic mass is 10.2. The van der Waals surface area contributed by atoms with Gasteiger partial charge in [-0.15, -0.1) is 0 Å². The maximum atomic E-state index is 11.5. The number of nitrogens with one attached hydrogen (secondary N) is 1. The van der Waals surface area contributed by atoms with E-state index in [1.807, 2.05) is 19.1 Å². The van der Waals surface area contributed by atoms with Gasteiger partial charge in [0, 0.05) is 38.3 Å². The third kappa shape index (κ3) is 5.30. The number of rotatable bonds is 8. The number of hydrogen-bond donors (Lipinski definition) is 2. The predicted molar refractivity (Wildman–Crippen MR) is 80.1 cm³/mol. The molecule has 106 valence electrons. The van der Waals surface area contributed by atoms with Crippen molar-refractivity contribution in [1.82, 2.24) is 5.32 Å². The lowest BCUT2D eigenvalue weighted by Crippen LogP contribution is -2.31. The minimum absolute atomic E-state index is 0.113. The van der Waals surface area contributed by atoms with Gasteiger partial charge in [-0.25, -0.2) is 0 Å². The van der Waals surface area contributed by atoms with E-state index >= 15 is 0 Å². The Morgan fingerprint density at radius 2 is 1.89 bits per heavy atom. The molecule has 0 radical (unpaired) electrons. The summed E-state index contributed by atoms with van der Waals surface area (Å²) in [5.74, 6) is 0.113. The molecule has 1 aromatic carbocycles. The SMILES string of the molecule is CCCN(CCC(=O)NCC)c1ccc(CN)cc1. The average molecular weight is 263 g/mol. The van der Waals surface area contributed by atoms with Gasteiger partial charge in [-0.05, 0) is 31.0 Å². The smallest absolute Gasteiger partial charge is 0.221 e. The molecule has 4 heteroatoms. The molecule has 4 nitrogen and oxygen atoms in total. The van der Waals surface area contributed by atoms with Gasteiger partial charge >= 0.3 is 0 Å². The summed E-state index contributed by atoms with van der Waals surface area (Å²) in [7, 11) is 0. The number of amides is 1. The summed E-state index contributed by atoms with van der Waals surface area (Å²) in [6, 6.07) is 8.25. The highest BCUT2D eigenvalue weighted by Crippen LogP contribution is 2.16. The van der Waals surface area contributed by atoms with Crippen LogP contribution in [-0.4, -0.2) is 25.5 Å². The predicted octanol–water partition coefficient (Wildman–Crippen LogP) is 1.89. The Labute approximate surface area is 116 Å². The Balaban J connectivity index is 2.62. The Bertz CT molecular complexity index is 375. The maximum Gasteiger partial charge on any atom is 0.221 e. The zero-order valence-corrected chi connectivity index (χ0v) is 12.0. The highest BCUT2D eigenvalue weighted by Gasteiger charge is 2.08. The fraction of sp³-hybridized carbons (Fsp3) is 0.533. The van der Waals surface area contributed by atoms with Crippen molar-refractivity contribution < 1.29 is 4.79 Å². The van der Waals surface area contributed by atoms with Crippen molar-refractivity contribution in [3.63, 3.8) is 0 Å². The Hall–Kier alpha value is -1.55. The van der Waals surface area contributed by atoms with Crippen molar-refractivity contribution in [2.24, 2.45) is 5.73 Å². The van der Waals surface area contributed by atoms with Crippen LogP contribution < -0.4 is 16.0 Å². The second-order valence-electron chi connectivity index (χ2n) is 4.56. The van der Waals surface area contributed by atoms with Gasteiger partial charge in [-0.2, -0.15) is 0 Å². The minimum atomic E-state index is 0.113. The quantitative estimate of drug-likeness (QED) is 0.753. The van der Waals surface area contributed by atoms with Gasteiger partial charge in [0.2, 0.25) is 5.91 Å². The van der Waals surface area contributed by atoms with E-state index in [1.165, 1.54) is 0 Å². The molecular formula is C15H25N3O. The van der Waals surface area contributed by atoms with Crippen LogP contribution in [0.2, 0.25) is 0 Å². The molecule has 0 aliphatic carbocycles. The number of carbonyl (C=O) groups is 1. The monoisotopic (exact) mass is 263 g/mol. The molecule has 0 atom stereocenters. The third-order valence-electron chi connectivity index (χ3n) is 3.01. The van der Waals surface area contributed by atoms with Crippen LogP contribution in [0.4, 0.5) is 5.69 Å². The molecule has 3 N–H and O–H groups in total. The van der Waals surface area contributed by atoms with Crippen LogP contribution in [0.1, 0.15) is 32.3 Å². The first kappa shape index (κ1) is 15.5. The molecule has 0 heterocycles. The molecule has 0 spiro atoms. The van der Waals surface area contributed by atoms with Gasteiger partial charge in [0.1, 0.15) is 0 Å². The molecule has 1 rings (SSSR count). The number of nitrogens with two attached hydrogens (primary N) is 1. The first-order chi connectivity index (χ1) is 9.21. The molecule has 0 unspecified atom stereocenters. The Morgan fingerprint density at radius 3 is 2.42 bits per heavy atom. The van der Waals surface area contributed by atoms with Crippen LogP contribution in [0.5, 0.6) is 0 Å². The van der Waals surface area contributed by atoms with Crippen molar-refractivity contribution in [1.29, 1.82) is 0 Å². The van der Waals surface area contributed by atoms with Crippen molar-refractivity contribution in [2.45, 2.75) is 33.2 Å². The fourth-order valence-electron chi connectivity index (χ4n) is 2.00. The van der Waals surface area contributed by atoms with E-state index < -0.39 is 0 Å². The van der Waals surface area contributed by atoms with Gasteiger partial charge in [-0.1, -0.05) is 19.1 Å². The average Bonchev–Trinajstić information content (AvgIpc) is 2.44. The molecule has 0 bridgehead atoms. The summed E-state index contributed by atoms with van der Waals surface area (Å²) in [5, 5.41) is 2.83. The summed E-state index contributed by atoms with van der Waals surface area (Å²) < 4.78 is 0. The number of hydrogen-bond acceptors (Lipinski definition) is 3. The van der Waals surface area contributed by atoms with Gasteiger partial charge < -0.3 is 16.0 Å². The number of anilines is 1. The van der Waals surface area contributed by atoms with E-state index in [4.69, 9.17) is 5.73 Å². The lowest BCUT2D eigenvalue weighted by Gasteiger charge is -2.24. The highest BCUT2D eigenvalue weighted by molar-refractivity contribution is 5.76. The molecule has 0 saturated carbocycles. The van der Waals surface area contributed by atoms with E-state index in [-0.39, 0.29) is 5.91 Å². The molecule has 0 aliphatic rings. The fourth-order valence-corrected chi connectivity index (χ4v) is 2.00. The Kier molecular flexibility index (Phi) is 6.97. The van der Waals surface area contributed by atoms with E-state index in [2.05, 4.69) is 29.3 Å². The minimum Gasteiger partial charge on any atom is -0.371 e. The summed E-state index contributed by atoms with van der Waals surface area (Å²) in [6.45, 7) is 7.05. The van der Waals surface area contributed by atoms with Crippen molar-refractivity contribution in [3.05, 3.63) is 29.8 Å². The zero-order chi connectivity index (χ0) is 14.1. The van der Waals surface area contributed by atoms with Crippen molar-refractivity contribution >= 4 is 11.6 Å². The lowest BCUT2D eigenvalue weighted by molar-refractivity contribution is -0.120. The molecule has 1 aromatic rings. The van der Waals surface area contributed by atoms with E-state index in [9.17, 15) is 4.79 Å². The zero-order valence-electron chi connectivity index (χ0n) is 12.0. The van der Waals surface area contributed by atoms with Crippen LogP contribution in [-0.2, 0) is 11.3 Å². The molecule has 0 aliphatic heterocycles. The third-order valence-corrected chi connectivity index (χ3v) is 3.01. The van der Waals surface area contributed by atoms with Crippen LogP contribution in [0.25, 0.3) is 0 Å². The molecular weight excluding hydrogens is 238 g/mol. The summed E-state index contributed by atoms with van der Waals surface area (Å²) in [5.41, 5.74) is 7.88. The number of benzene rings is 1. The van der Waals surface area contributed by atoms with Crippen LogP contribution in [0.3, 0.4) is 0 Å². The standard InChI is InChI=1S/C15H25N3O/c1-3-10-18(11-9-15(19)17-4-2)14-7-5-13(12-16)6-8-14/h5-8H,3-4,9-12,16H2,1-2H3,(H,17,19). The van der Waals surface area contributed by atoms with E-state index in [1.54, 1.807) is 0 Å². The van der Waals surface area contributed by atoms with Gasteiger partial charge in [-0.3, -0.25) is 4.79 Å². The largest absolute Gasteiger partial charge is 0.371 e. The van der Waals surface area contributed by atoms with Gasteiger partial charge in [0.15, 0.2) is 0 Å². The highest BCUT2D eigenvalue weighted by atomic mass is 16.1. The summed E-state index contributed by atoms with van der Waals surface area (Å²) >= 11 is 0. The summed E-state index contributed by atoms with van der Waals surface area (Å²) in [6.07, 6.45) is 1.60. The number of nitrogens with zero attached hydrogens (tertiary/aromatic N) is 1. The van der Waals surface area contributed by atoms with Crippen LogP contribution in [0, 0.1) is 0 Å². The topological polar surface area (TPSA) is 58.4 Å². The molecule has 0 fully saturated rings. The van der Waals surface area contributed by atoms with Gasteiger partial charge in [0.05, 0.1) is 0 Å². The Morgan fingerprint density at radius 1 is 1.21 bits per heavy atom.